The molecule has 5 nitrogen and oxygen atoms in total. The summed E-state index contributed by atoms with van der Waals surface area (Å²) in [4.78, 5) is 22.1. The van der Waals surface area contributed by atoms with Crippen molar-refractivity contribution in [3.8, 4) is 10.6 Å². The molecule has 3 heterocycles. The van der Waals surface area contributed by atoms with Gasteiger partial charge in [-0.2, -0.15) is 0 Å². The predicted molar refractivity (Wildman–Crippen MR) is 88.7 cm³/mol. The Balaban J connectivity index is 1.71. The van der Waals surface area contributed by atoms with E-state index >= 15 is 0 Å². The fraction of sp³-hybridized carbons (Fsp3) is 0.500. The standard InChI is InChI=1S/C16H22N4OS/c1-12(2)18(3)11-16(21)19-6-7-20-13(9-17-15(20)10-19)14-5-4-8-22-14/h4-5,8-9,12H,6-7,10-11H2,1-3H3. The Morgan fingerprint density at radius 2 is 2.27 bits per heavy atom. The summed E-state index contributed by atoms with van der Waals surface area (Å²) in [5.74, 6) is 1.17. The van der Waals surface area contributed by atoms with Crippen LogP contribution < -0.4 is 0 Å². The lowest BCUT2D eigenvalue weighted by atomic mass is 10.3. The fourth-order valence-corrected chi connectivity index (χ4v) is 3.33. The van der Waals surface area contributed by atoms with Crippen molar-refractivity contribution in [3.05, 3.63) is 29.5 Å². The Morgan fingerprint density at radius 1 is 1.45 bits per heavy atom. The highest BCUT2D eigenvalue weighted by Crippen LogP contribution is 2.27. The first-order valence-electron chi connectivity index (χ1n) is 7.62. The van der Waals surface area contributed by atoms with Crippen LogP contribution in [0.2, 0.25) is 0 Å². The van der Waals surface area contributed by atoms with Gasteiger partial charge in [0.05, 0.1) is 29.9 Å². The van der Waals surface area contributed by atoms with Crippen LogP contribution in [0.4, 0.5) is 0 Å². The van der Waals surface area contributed by atoms with Gasteiger partial charge in [-0.1, -0.05) is 6.07 Å². The van der Waals surface area contributed by atoms with Crippen LogP contribution in [0.1, 0.15) is 19.7 Å². The molecule has 0 saturated carbocycles. The number of fused-ring (bicyclic) bond motifs is 1. The second-order valence-electron chi connectivity index (χ2n) is 6.01. The van der Waals surface area contributed by atoms with Crippen molar-refractivity contribution in [1.82, 2.24) is 19.4 Å². The Hall–Kier alpha value is -1.66. The molecule has 118 valence electrons. The lowest BCUT2D eigenvalue weighted by Gasteiger charge is -2.31. The van der Waals surface area contributed by atoms with Gasteiger partial charge in [0.2, 0.25) is 5.91 Å². The number of carbonyl (C=O) groups excluding carboxylic acids is 1. The third kappa shape index (κ3) is 2.94. The minimum absolute atomic E-state index is 0.183. The van der Waals surface area contributed by atoms with Crippen LogP contribution in [0.25, 0.3) is 10.6 Å². The summed E-state index contributed by atoms with van der Waals surface area (Å²) in [6.07, 6.45) is 1.93. The summed E-state index contributed by atoms with van der Waals surface area (Å²) >= 11 is 1.72. The van der Waals surface area contributed by atoms with Crippen molar-refractivity contribution in [2.45, 2.75) is 33.0 Å². The second kappa shape index (κ2) is 6.22. The average Bonchev–Trinajstić information content (AvgIpc) is 3.14. The molecule has 2 aromatic heterocycles. The van der Waals surface area contributed by atoms with Gasteiger partial charge in [-0.05, 0) is 32.3 Å². The van der Waals surface area contributed by atoms with E-state index in [1.807, 2.05) is 18.1 Å². The molecule has 0 aliphatic carbocycles. The number of hydrogen-bond acceptors (Lipinski definition) is 4. The SMILES string of the molecule is CC(C)N(C)CC(=O)N1CCn2c(-c3cccs3)cnc2C1. The number of imidazole rings is 1. The largest absolute Gasteiger partial charge is 0.332 e. The molecule has 1 amide bonds. The summed E-state index contributed by atoms with van der Waals surface area (Å²) < 4.78 is 2.24. The molecule has 0 spiro atoms. The van der Waals surface area contributed by atoms with Gasteiger partial charge in [-0.25, -0.2) is 4.98 Å². The summed E-state index contributed by atoms with van der Waals surface area (Å²) in [6, 6.07) is 4.55. The zero-order chi connectivity index (χ0) is 15.7. The van der Waals surface area contributed by atoms with E-state index in [1.165, 1.54) is 4.88 Å². The van der Waals surface area contributed by atoms with Gasteiger partial charge in [-0.3, -0.25) is 9.69 Å². The van der Waals surface area contributed by atoms with Gasteiger partial charge >= 0.3 is 0 Å². The molecule has 3 rings (SSSR count). The molecule has 0 unspecified atom stereocenters. The first-order chi connectivity index (χ1) is 10.6. The summed E-state index contributed by atoms with van der Waals surface area (Å²) in [6.45, 7) is 6.85. The van der Waals surface area contributed by atoms with Crippen molar-refractivity contribution < 1.29 is 4.79 Å². The minimum atomic E-state index is 0.183. The molecule has 1 aliphatic heterocycles. The normalized spacial score (nSPS) is 14.7. The molecular formula is C16H22N4OS. The molecule has 0 saturated heterocycles. The third-order valence-electron chi connectivity index (χ3n) is 4.26. The maximum absolute atomic E-state index is 12.4. The molecule has 0 fully saturated rings. The van der Waals surface area contributed by atoms with Crippen molar-refractivity contribution in [1.29, 1.82) is 0 Å². The highest BCUT2D eigenvalue weighted by atomic mass is 32.1. The van der Waals surface area contributed by atoms with Crippen LogP contribution in [-0.2, 0) is 17.9 Å². The number of likely N-dealkylation sites (N-methyl/N-ethyl adjacent to an activating group) is 1. The maximum Gasteiger partial charge on any atom is 0.237 e. The number of nitrogens with zero attached hydrogens (tertiary/aromatic N) is 4. The Labute approximate surface area is 135 Å². The number of thiophene rings is 1. The average molecular weight is 318 g/mol. The van der Waals surface area contributed by atoms with Crippen LogP contribution in [0, 0.1) is 0 Å². The van der Waals surface area contributed by atoms with E-state index in [1.54, 1.807) is 11.3 Å². The Morgan fingerprint density at radius 3 is 2.95 bits per heavy atom. The zero-order valence-corrected chi connectivity index (χ0v) is 14.1. The maximum atomic E-state index is 12.4. The molecule has 0 N–H and O–H groups in total. The van der Waals surface area contributed by atoms with Crippen LogP contribution in [0.5, 0.6) is 0 Å². The van der Waals surface area contributed by atoms with Crippen molar-refractivity contribution in [2.75, 3.05) is 20.1 Å². The Kier molecular flexibility index (Phi) is 4.31. The molecule has 0 aromatic carbocycles. The minimum Gasteiger partial charge on any atom is -0.332 e. The van der Waals surface area contributed by atoms with E-state index in [4.69, 9.17) is 0 Å². The van der Waals surface area contributed by atoms with Gasteiger partial charge < -0.3 is 9.47 Å². The fourth-order valence-electron chi connectivity index (χ4n) is 2.59. The number of aromatic nitrogens is 2. The molecule has 0 radical (unpaired) electrons. The second-order valence-corrected chi connectivity index (χ2v) is 6.96. The van der Waals surface area contributed by atoms with E-state index in [2.05, 4.69) is 45.8 Å². The van der Waals surface area contributed by atoms with Crippen LogP contribution in [-0.4, -0.2) is 51.4 Å². The van der Waals surface area contributed by atoms with Gasteiger partial charge in [0, 0.05) is 19.1 Å². The van der Waals surface area contributed by atoms with E-state index in [9.17, 15) is 4.79 Å². The topological polar surface area (TPSA) is 41.4 Å². The van der Waals surface area contributed by atoms with Gasteiger partial charge in [0.15, 0.2) is 0 Å². The quantitative estimate of drug-likeness (QED) is 0.868. The van der Waals surface area contributed by atoms with Crippen LogP contribution in [0.15, 0.2) is 23.7 Å². The first kappa shape index (κ1) is 15.2. The zero-order valence-electron chi connectivity index (χ0n) is 13.3. The summed E-state index contributed by atoms with van der Waals surface area (Å²) in [7, 11) is 1.99. The first-order valence-corrected chi connectivity index (χ1v) is 8.50. The van der Waals surface area contributed by atoms with Crippen molar-refractivity contribution in [3.63, 3.8) is 0 Å². The third-order valence-corrected chi connectivity index (χ3v) is 5.15. The monoisotopic (exact) mass is 318 g/mol. The Bertz CT molecular complexity index is 647. The smallest absolute Gasteiger partial charge is 0.237 e. The molecule has 0 atom stereocenters. The summed E-state index contributed by atoms with van der Waals surface area (Å²) in [5.41, 5.74) is 1.16. The molecule has 0 bridgehead atoms. The van der Waals surface area contributed by atoms with E-state index in [-0.39, 0.29) is 5.91 Å². The molecule has 1 aliphatic rings. The lowest BCUT2D eigenvalue weighted by Crippen LogP contribution is -2.44. The van der Waals surface area contributed by atoms with Crippen LogP contribution in [0.3, 0.4) is 0 Å². The number of amides is 1. The lowest BCUT2D eigenvalue weighted by molar-refractivity contribution is -0.134. The number of hydrogen-bond donors (Lipinski definition) is 0. The van der Waals surface area contributed by atoms with E-state index in [0.29, 0.717) is 19.1 Å². The highest BCUT2D eigenvalue weighted by Gasteiger charge is 2.24. The van der Waals surface area contributed by atoms with Gasteiger partial charge in [0.1, 0.15) is 5.82 Å². The molecule has 2 aromatic rings. The van der Waals surface area contributed by atoms with Gasteiger partial charge in [0.25, 0.3) is 0 Å². The predicted octanol–water partition coefficient (Wildman–Crippen LogP) is 2.29. The molecular weight excluding hydrogens is 296 g/mol. The van der Waals surface area contributed by atoms with Crippen molar-refractivity contribution >= 4 is 17.2 Å². The molecule has 22 heavy (non-hydrogen) atoms. The number of carbonyl (C=O) groups is 1. The van der Waals surface area contributed by atoms with Crippen molar-refractivity contribution in [2.24, 2.45) is 0 Å². The summed E-state index contributed by atoms with van der Waals surface area (Å²) in [5, 5.41) is 2.08. The van der Waals surface area contributed by atoms with Gasteiger partial charge in [-0.15, -0.1) is 11.3 Å². The van der Waals surface area contributed by atoms with E-state index in [0.717, 1.165) is 24.6 Å². The van der Waals surface area contributed by atoms with Crippen LogP contribution >= 0.6 is 11.3 Å². The van der Waals surface area contributed by atoms with E-state index < -0.39 is 0 Å². The number of rotatable bonds is 4. The molecule has 6 heteroatoms. The highest BCUT2D eigenvalue weighted by molar-refractivity contribution is 7.13.